The van der Waals surface area contributed by atoms with E-state index in [0.29, 0.717) is 5.92 Å². The molecule has 1 N–H and O–H groups in total. The fraction of sp³-hybridized carbons (Fsp3) is 0.538. The van der Waals surface area contributed by atoms with Crippen molar-refractivity contribution in [3.63, 3.8) is 0 Å². The van der Waals surface area contributed by atoms with Gasteiger partial charge in [-0.05, 0) is 43.0 Å². The maximum atomic E-state index is 6.04. The maximum Gasteiger partial charge on any atom is 0.0449 e. The highest BCUT2D eigenvalue weighted by Gasteiger charge is 2.38. The number of halogens is 1. The Morgan fingerprint density at radius 3 is 2.67 bits per heavy atom. The minimum atomic E-state index is 0.194. The van der Waals surface area contributed by atoms with Crippen LogP contribution >= 0.6 is 11.6 Å². The van der Waals surface area contributed by atoms with Crippen molar-refractivity contribution < 1.29 is 0 Å². The molecule has 0 aliphatic carbocycles. The summed E-state index contributed by atoms with van der Waals surface area (Å²) in [4.78, 5) is 0. The van der Waals surface area contributed by atoms with Crippen LogP contribution in [0.5, 0.6) is 0 Å². The number of benzene rings is 1. The summed E-state index contributed by atoms with van der Waals surface area (Å²) >= 11 is 6.04. The lowest BCUT2D eigenvalue weighted by atomic mass is 9.75. The van der Waals surface area contributed by atoms with Gasteiger partial charge in [0.05, 0.1) is 0 Å². The van der Waals surface area contributed by atoms with Crippen molar-refractivity contribution in [1.29, 1.82) is 0 Å². The minimum absolute atomic E-state index is 0.194. The van der Waals surface area contributed by atoms with E-state index in [2.05, 4.69) is 31.3 Å². The van der Waals surface area contributed by atoms with Crippen molar-refractivity contribution in [2.45, 2.75) is 32.2 Å². The smallest absolute Gasteiger partial charge is 0.0449 e. The molecule has 0 radical (unpaired) electrons. The topological polar surface area (TPSA) is 12.0 Å². The molecule has 1 aromatic rings. The van der Waals surface area contributed by atoms with Gasteiger partial charge in [-0.3, -0.25) is 0 Å². The summed E-state index contributed by atoms with van der Waals surface area (Å²) in [5, 5.41) is 4.41. The van der Waals surface area contributed by atoms with Crippen LogP contribution in [-0.4, -0.2) is 6.54 Å². The molecule has 1 aliphatic heterocycles. The zero-order valence-electron chi connectivity index (χ0n) is 9.39. The van der Waals surface area contributed by atoms with E-state index in [1.54, 1.807) is 0 Å². The molecule has 0 spiro atoms. The Hall–Kier alpha value is -0.530. The number of nitrogens with one attached hydrogen (secondary N) is 1. The molecule has 2 heteroatoms. The normalized spacial score (nSPS) is 25.3. The molecule has 1 atom stereocenters. The van der Waals surface area contributed by atoms with Gasteiger partial charge in [0.1, 0.15) is 0 Å². The minimum Gasteiger partial charge on any atom is -0.307 e. The Kier molecular flexibility index (Phi) is 3.03. The lowest BCUT2D eigenvalue weighted by molar-refractivity contribution is 0.170. The van der Waals surface area contributed by atoms with Gasteiger partial charge in [0.15, 0.2) is 0 Å². The van der Waals surface area contributed by atoms with Gasteiger partial charge in [0, 0.05) is 10.6 Å². The summed E-state index contributed by atoms with van der Waals surface area (Å²) in [6, 6.07) is 8.25. The predicted octanol–water partition coefficient (Wildman–Crippen LogP) is 3.57. The van der Waals surface area contributed by atoms with E-state index >= 15 is 0 Å². The average Bonchev–Trinajstić information content (AvgIpc) is 2.11. The summed E-state index contributed by atoms with van der Waals surface area (Å²) < 4.78 is 0. The fourth-order valence-electron chi connectivity index (χ4n) is 2.45. The third-order valence-electron chi connectivity index (χ3n) is 3.15. The average molecular weight is 224 g/mol. The highest BCUT2D eigenvalue weighted by molar-refractivity contribution is 6.30. The van der Waals surface area contributed by atoms with Gasteiger partial charge in [0.25, 0.3) is 0 Å². The van der Waals surface area contributed by atoms with Gasteiger partial charge < -0.3 is 5.32 Å². The highest BCUT2D eigenvalue weighted by Crippen LogP contribution is 2.37. The lowest BCUT2D eigenvalue weighted by Crippen LogP contribution is -2.54. The quantitative estimate of drug-likeness (QED) is 0.826. The predicted molar refractivity (Wildman–Crippen MR) is 65.2 cm³/mol. The van der Waals surface area contributed by atoms with Crippen LogP contribution in [0.3, 0.4) is 0 Å². The monoisotopic (exact) mass is 223 g/mol. The molecule has 82 valence electrons. The van der Waals surface area contributed by atoms with E-state index in [4.69, 9.17) is 11.6 Å². The van der Waals surface area contributed by atoms with E-state index in [0.717, 1.165) is 11.6 Å². The third kappa shape index (κ3) is 2.19. The number of hydrogen-bond acceptors (Lipinski definition) is 1. The molecule has 1 nitrogen and oxygen atoms in total. The van der Waals surface area contributed by atoms with E-state index in [-0.39, 0.29) is 5.54 Å². The molecule has 1 heterocycles. The molecule has 1 fully saturated rings. The Labute approximate surface area is 96.8 Å². The number of hydrogen-bond donors (Lipinski definition) is 1. The van der Waals surface area contributed by atoms with Gasteiger partial charge >= 0.3 is 0 Å². The second kappa shape index (κ2) is 4.15. The van der Waals surface area contributed by atoms with Crippen LogP contribution < -0.4 is 5.32 Å². The van der Waals surface area contributed by atoms with Crippen molar-refractivity contribution in [3.8, 4) is 0 Å². The third-order valence-corrected chi connectivity index (χ3v) is 3.38. The fourth-order valence-corrected chi connectivity index (χ4v) is 2.64. The van der Waals surface area contributed by atoms with Crippen LogP contribution in [0, 0.1) is 5.92 Å². The first-order chi connectivity index (χ1) is 7.12. The van der Waals surface area contributed by atoms with Crippen molar-refractivity contribution >= 4 is 11.6 Å². The van der Waals surface area contributed by atoms with E-state index in [1.165, 1.54) is 18.4 Å². The highest BCUT2D eigenvalue weighted by atomic mass is 35.5. The SMILES string of the molecule is CC(C)CC1(c2cccc(Cl)c2)CCN1. The van der Waals surface area contributed by atoms with Crippen LogP contribution in [0.25, 0.3) is 0 Å². The molecular weight excluding hydrogens is 206 g/mol. The summed E-state index contributed by atoms with van der Waals surface area (Å²) in [6.45, 7) is 5.66. The Morgan fingerprint density at radius 2 is 2.20 bits per heavy atom. The first-order valence-electron chi connectivity index (χ1n) is 5.63. The molecule has 0 saturated carbocycles. The van der Waals surface area contributed by atoms with Crippen molar-refractivity contribution in [2.75, 3.05) is 6.54 Å². The van der Waals surface area contributed by atoms with Crippen LogP contribution in [0.1, 0.15) is 32.3 Å². The zero-order chi connectivity index (χ0) is 10.9. The molecule has 0 amide bonds. The van der Waals surface area contributed by atoms with Crippen LogP contribution in [-0.2, 0) is 5.54 Å². The Bertz CT molecular complexity index is 342. The van der Waals surface area contributed by atoms with Gasteiger partial charge in [-0.2, -0.15) is 0 Å². The van der Waals surface area contributed by atoms with Gasteiger partial charge in [-0.25, -0.2) is 0 Å². The molecule has 1 saturated heterocycles. The molecule has 15 heavy (non-hydrogen) atoms. The van der Waals surface area contributed by atoms with Crippen molar-refractivity contribution in [1.82, 2.24) is 5.32 Å². The van der Waals surface area contributed by atoms with Crippen molar-refractivity contribution in [3.05, 3.63) is 34.9 Å². The summed E-state index contributed by atoms with van der Waals surface area (Å²) in [6.07, 6.45) is 2.42. The lowest BCUT2D eigenvalue weighted by Gasteiger charge is -2.45. The van der Waals surface area contributed by atoms with Gasteiger partial charge in [-0.15, -0.1) is 0 Å². The Morgan fingerprint density at radius 1 is 1.47 bits per heavy atom. The van der Waals surface area contributed by atoms with Gasteiger partial charge in [-0.1, -0.05) is 37.6 Å². The molecule has 1 unspecified atom stereocenters. The van der Waals surface area contributed by atoms with Crippen LogP contribution in [0.4, 0.5) is 0 Å². The molecule has 1 aliphatic rings. The molecule has 1 aromatic carbocycles. The van der Waals surface area contributed by atoms with E-state index < -0.39 is 0 Å². The first-order valence-corrected chi connectivity index (χ1v) is 6.01. The van der Waals surface area contributed by atoms with Crippen LogP contribution in [0.2, 0.25) is 5.02 Å². The second-order valence-corrected chi connectivity index (χ2v) is 5.30. The molecule has 0 aromatic heterocycles. The largest absolute Gasteiger partial charge is 0.307 e. The van der Waals surface area contributed by atoms with Gasteiger partial charge in [0.2, 0.25) is 0 Å². The zero-order valence-corrected chi connectivity index (χ0v) is 10.1. The summed E-state index contributed by atoms with van der Waals surface area (Å²) in [7, 11) is 0. The summed E-state index contributed by atoms with van der Waals surface area (Å²) in [5.74, 6) is 0.705. The van der Waals surface area contributed by atoms with Crippen molar-refractivity contribution in [2.24, 2.45) is 5.92 Å². The Balaban J connectivity index is 2.26. The molecular formula is C13H18ClN. The number of rotatable bonds is 3. The van der Waals surface area contributed by atoms with E-state index in [9.17, 15) is 0 Å². The van der Waals surface area contributed by atoms with E-state index in [1.807, 2.05) is 12.1 Å². The van der Waals surface area contributed by atoms with Crippen LogP contribution in [0.15, 0.2) is 24.3 Å². The second-order valence-electron chi connectivity index (χ2n) is 4.87. The first kappa shape index (κ1) is 11.0. The summed E-state index contributed by atoms with van der Waals surface area (Å²) in [5.41, 5.74) is 1.54. The molecule has 2 rings (SSSR count). The molecule has 0 bridgehead atoms. The standard InChI is InChI=1S/C13H18ClN/c1-10(2)9-13(6-7-15-13)11-4-3-5-12(14)8-11/h3-5,8,10,15H,6-7,9H2,1-2H3. The maximum absolute atomic E-state index is 6.04.